The number of hydrogen-bond donors (Lipinski definition) is 3. The summed E-state index contributed by atoms with van der Waals surface area (Å²) in [6.45, 7) is 3.70. The molecule has 0 atom stereocenters. The maximum atomic E-state index is 12.7. The quantitative estimate of drug-likeness (QED) is 0.395. The first kappa shape index (κ1) is 21.1. The number of benzene rings is 2. The lowest BCUT2D eigenvalue weighted by molar-refractivity contribution is 0.0689. The van der Waals surface area contributed by atoms with Gasteiger partial charge in [0.2, 0.25) is 0 Å². The summed E-state index contributed by atoms with van der Waals surface area (Å²) in [4.78, 5) is 23.8. The molecule has 34 heavy (non-hydrogen) atoms. The molecule has 2 fully saturated rings. The van der Waals surface area contributed by atoms with Gasteiger partial charge in [0.1, 0.15) is 17.8 Å². The van der Waals surface area contributed by atoms with E-state index in [0.29, 0.717) is 23.3 Å². The van der Waals surface area contributed by atoms with E-state index in [1.165, 1.54) is 6.33 Å². The fraction of sp³-hybridized carbons (Fsp3) is 0.346. The van der Waals surface area contributed by atoms with Gasteiger partial charge in [0.05, 0.1) is 12.0 Å². The molecule has 8 nitrogen and oxygen atoms in total. The molecule has 0 spiro atoms. The van der Waals surface area contributed by atoms with Gasteiger partial charge >= 0.3 is 0 Å². The van der Waals surface area contributed by atoms with Gasteiger partial charge in [0, 0.05) is 55.5 Å². The number of nitrogens with two attached hydrogens (primary N) is 1. The molecule has 2 aliphatic rings. The van der Waals surface area contributed by atoms with Crippen LogP contribution in [0.5, 0.6) is 0 Å². The number of aliphatic hydroxyl groups excluding tert-OH is 1. The number of carbonyl (C=O) groups is 1. The van der Waals surface area contributed by atoms with Gasteiger partial charge in [0.15, 0.2) is 0 Å². The lowest BCUT2D eigenvalue weighted by atomic mass is 9.98. The Balaban J connectivity index is 1.36. The van der Waals surface area contributed by atoms with E-state index in [1.807, 2.05) is 30.3 Å². The largest absolute Gasteiger partial charge is 0.395 e. The monoisotopic (exact) mass is 456 g/mol. The van der Waals surface area contributed by atoms with Crippen LogP contribution in [0.2, 0.25) is 0 Å². The Labute approximate surface area is 197 Å². The zero-order valence-corrected chi connectivity index (χ0v) is 18.9. The van der Waals surface area contributed by atoms with Gasteiger partial charge in [-0.05, 0) is 41.3 Å². The molecule has 6 rings (SSSR count). The fourth-order valence-electron chi connectivity index (χ4n) is 5.04. The summed E-state index contributed by atoms with van der Waals surface area (Å²) in [6.07, 6.45) is 5.76. The number of amides is 1. The SMILES string of the molecule is Nc1ncnc2c1c(-c1ccc3c(C(=O)NC4CC4)cccc3c1)cn2CC1CN(CCO)C1. The Kier molecular flexibility index (Phi) is 5.19. The van der Waals surface area contributed by atoms with Gasteiger partial charge in [0.25, 0.3) is 5.91 Å². The molecule has 0 radical (unpaired) electrons. The second kappa shape index (κ2) is 8.38. The number of anilines is 1. The lowest BCUT2D eigenvalue weighted by Gasteiger charge is -2.39. The van der Waals surface area contributed by atoms with Crippen molar-refractivity contribution in [3.05, 3.63) is 54.5 Å². The van der Waals surface area contributed by atoms with Crippen LogP contribution in [0.25, 0.3) is 32.9 Å². The van der Waals surface area contributed by atoms with Crippen LogP contribution in [-0.4, -0.2) is 62.7 Å². The van der Waals surface area contributed by atoms with E-state index < -0.39 is 0 Å². The smallest absolute Gasteiger partial charge is 0.252 e. The van der Waals surface area contributed by atoms with Crippen molar-refractivity contribution < 1.29 is 9.90 Å². The number of β-amino-alcohol motifs (C(OH)–C–C–N with tert-alkyl or cyclic N) is 1. The van der Waals surface area contributed by atoms with E-state index in [0.717, 1.165) is 72.0 Å². The topological polar surface area (TPSA) is 109 Å². The molecule has 3 heterocycles. The summed E-state index contributed by atoms with van der Waals surface area (Å²) in [7, 11) is 0. The number of nitrogen functional groups attached to an aromatic ring is 1. The molecule has 0 bridgehead atoms. The van der Waals surface area contributed by atoms with Crippen molar-refractivity contribution in [2.24, 2.45) is 5.92 Å². The first-order valence-electron chi connectivity index (χ1n) is 11.9. The summed E-state index contributed by atoms with van der Waals surface area (Å²) < 4.78 is 2.17. The molecule has 4 N–H and O–H groups in total. The van der Waals surface area contributed by atoms with E-state index in [4.69, 9.17) is 10.8 Å². The molecular formula is C26H28N6O2. The normalized spacial score (nSPS) is 16.7. The van der Waals surface area contributed by atoms with Gasteiger partial charge < -0.3 is 25.6 Å². The molecule has 1 saturated heterocycles. The number of carbonyl (C=O) groups excluding carboxylic acids is 1. The highest BCUT2D eigenvalue weighted by atomic mass is 16.3. The van der Waals surface area contributed by atoms with Crippen LogP contribution in [0.3, 0.4) is 0 Å². The summed E-state index contributed by atoms with van der Waals surface area (Å²) in [6, 6.07) is 12.4. The van der Waals surface area contributed by atoms with Gasteiger partial charge in [-0.25, -0.2) is 9.97 Å². The Hall–Kier alpha value is -3.49. The number of nitrogens with one attached hydrogen (secondary N) is 1. The van der Waals surface area contributed by atoms with Gasteiger partial charge in [-0.1, -0.05) is 24.3 Å². The number of rotatable bonds is 7. The highest BCUT2D eigenvalue weighted by Crippen LogP contribution is 2.35. The molecule has 1 aliphatic heterocycles. The minimum absolute atomic E-state index is 0.00848. The maximum Gasteiger partial charge on any atom is 0.252 e. The Morgan fingerprint density at radius 3 is 2.82 bits per heavy atom. The van der Waals surface area contributed by atoms with Gasteiger partial charge in [-0.15, -0.1) is 0 Å². The van der Waals surface area contributed by atoms with Crippen LogP contribution in [0, 0.1) is 5.92 Å². The third kappa shape index (κ3) is 3.78. The third-order valence-corrected chi connectivity index (χ3v) is 6.94. The summed E-state index contributed by atoms with van der Waals surface area (Å²) in [5, 5.41) is 15.0. The molecule has 8 heteroatoms. The number of hydrogen-bond acceptors (Lipinski definition) is 6. The maximum absolute atomic E-state index is 12.7. The number of nitrogens with zero attached hydrogens (tertiary/aromatic N) is 4. The number of aromatic nitrogens is 3. The number of aliphatic hydroxyl groups is 1. The Morgan fingerprint density at radius 2 is 2.03 bits per heavy atom. The predicted molar refractivity (Wildman–Crippen MR) is 132 cm³/mol. The minimum Gasteiger partial charge on any atom is -0.395 e. The van der Waals surface area contributed by atoms with Gasteiger partial charge in [-0.2, -0.15) is 0 Å². The first-order chi connectivity index (χ1) is 16.6. The molecule has 2 aromatic carbocycles. The molecule has 174 valence electrons. The number of fused-ring (bicyclic) bond motifs is 2. The highest BCUT2D eigenvalue weighted by Gasteiger charge is 2.28. The van der Waals surface area contributed by atoms with Crippen LogP contribution in [0.15, 0.2) is 48.9 Å². The van der Waals surface area contributed by atoms with Crippen molar-refractivity contribution in [1.82, 2.24) is 24.8 Å². The van der Waals surface area contributed by atoms with Crippen LogP contribution >= 0.6 is 0 Å². The van der Waals surface area contributed by atoms with Crippen molar-refractivity contribution in [3.63, 3.8) is 0 Å². The molecule has 2 aromatic heterocycles. The second-order valence-corrected chi connectivity index (χ2v) is 9.49. The highest BCUT2D eigenvalue weighted by molar-refractivity contribution is 6.09. The van der Waals surface area contributed by atoms with E-state index in [-0.39, 0.29) is 12.5 Å². The predicted octanol–water partition coefficient (Wildman–Crippen LogP) is 2.65. The van der Waals surface area contributed by atoms with Crippen molar-refractivity contribution in [2.45, 2.75) is 25.4 Å². The van der Waals surface area contributed by atoms with E-state index in [2.05, 4.69) is 37.0 Å². The summed E-state index contributed by atoms with van der Waals surface area (Å²) in [5.41, 5.74) is 9.88. The zero-order chi connectivity index (χ0) is 23.2. The molecule has 1 saturated carbocycles. The number of likely N-dealkylation sites (tertiary alicyclic amines) is 1. The van der Waals surface area contributed by atoms with Crippen molar-refractivity contribution >= 4 is 33.5 Å². The average molecular weight is 457 g/mol. The van der Waals surface area contributed by atoms with Crippen molar-refractivity contribution in [3.8, 4) is 11.1 Å². The first-order valence-corrected chi connectivity index (χ1v) is 11.9. The van der Waals surface area contributed by atoms with Crippen LogP contribution < -0.4 is 11.1 Å². The summed E-state index contributed by atoms with van der Waals surface area (Å²) >= 11 is 0. The fourth-order valence-corrected chi connectivity index (χ4v) is 5.04. The summed E-state index contributed by atoms with van der Waals surface area (Å²) in [5.74, 6) is 0.966. The van der Waals surface area contributed by atoms with Gasteiger partial charge in [-0.3, -0.25) is 4.79 Å². The Bertz CT molecular complexity index is 1390. The standard InChI is InChI=1S/C26H28N6O2/c27-24-23-22(14-32(25(23)29-15-28-24)13-16-11-31(12-16)8-9-33)18-4-7-20-17(10-18)2-1-3-21(20)26(34)30-19-5-6-19/h1-4,7,10,14-16,19,33H,5-6,8-9,11-13H2,(H,30,34)(H2,27,28,29). The van der Waals surface area contributed by atoms with Crippen LogP contribution in [-0.2, 0) is 6.54 Å². The van der Waals surface area contributed by atoms with E-state index >= 15 is 0 Å². The van der Waals surface area contributed by atoms with Crippen LogP contribution in [0.4, 0.5) is 5.82 Å². The molecule has 0 unspecified atom stereocenters. The van der Waals surface area contributed by atoms with E-state index in [9.17, 15) is 4.79 Å². The Morgan fingerprint density at radius 1 is 1.18 bits per heavy atom. The van der Waals surface area contributed by atoms with E-state index in [1.54, 1.807) is 0 Å². The van der Waals surface area contributed by atoms with Crippen molar-refractivity contribution in [2.75, 3.05) is 32.0 Å². The second-order valence-electron chi connectivity index (χ2n) is 9.49. The zero-order valence-electron chi connectivity index (χ0n) is 18.9. The molecule has 1 amide bonds. The molecular weight excluding hydrogens is 428 g/mol. The lowest BCUT2D eigenvalue weighted by Crippen LogP contribution is -2.49. The van der Waals surface area contributed by atoms with Crippen LogP contribution in [0.1, 0.15) is 23.2 Å². The van der Waals surface area contributed by atoms with Crippen molar-refractivity contribution in [1.29, 1.82) is 0 Å². The molecule has 4 aromatic rings. The molecule has 1 aliphatic carbocycles. The minimum atomic E-state index is -0.00848. The average Bonchev–Trinajstić information content (AvgIpc) is 3.55. The third-order valence-electron chi connectivity index (χ3n) is 6.94.